The maximum atomic E-state index is 5.62. The lowest BCUT2D eigenvalue weighted by Gasteiger charge is -2.03. The molecular formula is C10H16N4S. The van der Waals surface area contributed by atoms with Gasteiger partial charge in [0.25, 0.3) is 0 Å². The molecular weight excluding hydrogens is 208 g/mol. The third-order valence-electron chi connectivity index (χ3n) is 2.54. The molecule has 0 unspecified atom stereocenters. The molecule has 1 aliphatic heterocycles. The average molecular weight is 224 g/mol. The van der Waals surface area contributed by atoms with Crippen molar-refractivity contribution in [2.75, 3.05) is 11.9 Å². The van der Waals surface area contributed by atoms with Crippen LogP contribution in [0.15, 0.2) is 0 Å². The Bertz CT molecular complexity index is 394. The molecule has 0 fully saturated rings. The van der Waals surface area contributed by atoms with Crippen molar-refractivity contribution in [1.82, 2.24) is 9.78 Å². The third-order valence-corrected chi connectivity index (χ3v) is 2.72. The van der Waals surface area contributed by atoms with Gasteiger partial charge in [-0.15, -0.1) is 0 Å². The van der Waals surface area contributed by atoms with Crippen molar-refractivity contribution < 1.29 is 0 Å². The first-order valence-corrected chi connectivity index (χ1v) is 5.65. The summed E-state index contributed by atoms with van der Waals surface area (Å²) in [5.41, 5.74) is 8.05. The molecule has 15 heavy (non-hydrogen) atoms. The second-order valence-electron chi connectivity index (χ2n) is 4.30. The maximum Gasteiger partial charge on any atom is 0.193 e. The van der Waals surface area contributed by atoms with Crippen LogP contribution in [-0.2, 0) is 12.8 Å². The molecule has 4 nitrogen and oxygen atoms in total. The summed E-state index contributed by atoms with van der Waals surface area (Å²) in [7, 11) is 0. The van der Waals surface area contributed by atoms with E-state index in [-0.39, 0.29) is 0 Å². The van der Waals surface area contributed by atoms with Crippen molar-refractivity contribution in [3.63, 3.8) is 0 Å². The van der Waals surface area contributed by atoms with Gasteiger partial charge in [-0.1, -0.05) is 13.8 Å². The molecule has 0 bridgehead atoms. The van der Waals surface area contributed by atoms with Crippen LogP contribution >= 0.6 is 12.2 Å². The van der Waals surface area contributed by atoms with E-state index in [0.29, 0.717) is 11.0 Å². The van der Waals surface area contributed by atoms with Crippen molar-refractivity contribution in [3.05, 3.63) is 11.3 Å². The van der Waals surface area contributed by atoms with Gasteiger partial charge in [-0.25, -0.2) is 0 Å². The third kappa shape index (κ3) is 1.84. The SMILES string of the molecule is CC(C)Cc1nn(C(N)=S)c2c1CCN2. The molecule has 2 heterocycles. The topological polar surface area (TPSA) is 55.9 Å². The second kappa shape index (κ2) is 3.81. The maximum absolute atomic E-state index is 5.62. The average Bonchev–Trinajstić information content (AvgIpc) is 2.66. The van der Waals surface area contributed by atoms with E-state index >= 15 is 0 Å². The molecule has 82 valence electrons. The Balaban J connectivity index is 2.40. The number of anilines is 1. The highest BCUT2D eigenvalue weighted by atomic mass is 32.1. The molecule has 0 atom stereocenters. The molecule has 5 heteroatoms. The van der Waals surface area contributed by atoms with Crippen LogP contribution in [0.1, 0.15) is 25.1 Å². The molecule has 0 saturated heterocycles. The van der Waals surface area contributed by atoms with E-state index in [1.807, 2.05) is 0 Å². The number of hydrogen-bond donors (Lipinski definition) is 2. The first kappa shape index (κ1) is 10.4. The summed E-state index contributed by atoms with van der Waals surface area (Å²) >= 11 is 4.97. The molecule has 0 spiro atoms. The van der Waals surface area contributed by atoms with Crippen LogP contribution in [0, 0.1) is 5.92 Å². The van der Waals surface area contributed by atoms with E-state index in [0.717, 1.165) is 30.9 Å². The summed E-state index contributed by atoms with van der Waals surface area (Å²) in [4.78, 5) is 0. The Labute approximate surface area is 94.8 Å². The Morgan fingerprint density at radius 3 is 3.00 bits per heavy atom. The van der Waals surface area contributed by atoms with Crippen molar-refractivity contribution >= 4 is 23.1 Å². The molecule has 1 aliphatic rings. The van der Waals surface area contributed by atoms with Gasteiger partial charge in [0.2, 0.25) is 0 Å². The highest BCUT2D eigenvalue weighted by molar-refractivity contribution is 7.80. The van der Waals surface area contributed by atoms with Gasteiger partial charge in [-0.3, -0.25) is 0 Å². The van der Waals surface area contributed by atoms with Gasteiger partial charge >= 0.3 is 0 Å². The minimum Gasteiger partial charge on any atom is -0.374 e. The molecule has 1 aromatic heterocycles. The molecule has 3 N–H and O–H groups in total. The lowest BCUT2D eigenvalue weighted by Crippen LogP contribution is -2.22. The number of rotatable bonds is 2. The summed E-state index contributed by atoms with van der Waals surface area (Å²) in [6, 6.07) is 0. The van der Waals surface area contributed by atoms with Gasteiger partial charge in [-0.2, -0.15) is 9.78 Å². The fraction of sp³-hybridized carbons (Fsp3) is 0.600. The van der Waals surface area contributed by atoms with Gasteiger partial charge < -0.3 is 11.1 Å². The summed E-state index contributed by atoms with van der Waals surface area (Å²) in [6.45, 7) is 5.34. The van der Waals surface area contributed by atoms with E-state index in [4.69, 9.17) is 18.0 Å². The Kier molecular flexibility index (Phi) is 2.65. The Hall–Kier alpha value is -1.10. The normalized spacial score (nSPS) is 14.1. The lowest BCUT2D eigenvalue weighted by atomic mass is 10.0. The molecule has 0 saturated carbocycles. The summed E-state index contributed by atoms with van der Waals surface area (Å²) in [6.07, 6.45) is 2.01. The smallest absolute Gasteiger partial charge is 0.193 e. The number of nitrogens with one attached hydrogen (secondary N) is 1. The van der Waals surface area contributed by atoms with Crippen molar-refractivity contribution in [2.45, 2.75) is 26.7 Å². The number of nitrogens with two attached hydrogens (primary N) is 1. The molecule has 0 amide bonds. The van der Waals surface area contributed by atoms with E-state index in [1.54, 1.807) is 4.68 Å². The quantitative estimate of drug-likeness (QED) is 0.740. The van der Waals surface area contributed by atoms with Crippen LogP contribution in [-0.4, -0.2) is 21.4 Å². The van der Waals surface area contributed by atoms with Crippen LogP contribution < -0.4 is 11.1 Å². The summed E-state index contributed by atoms with van der Waals surface area (Å²) in [5.74, 6) is 1.60. The standard InChI is InChI=1S/C10H16N4S/c1-6(2)5-8-7-3-4-12-9(7)14(13-8)10(11)15/h6,12H,3-5H2,1-2H3,(H2,11,15). The molecule has 2 rings (SSSR count). The van der Waals surface area contributed by atoms with Gasteiger partial charge in [-0.05, 0) is 31.0 Å². The van der Waals surface area contributed by atoms with E-state index in [9.17, 15) is 0 Å². The summed E-state index contributed by atoms with van der Waals surface area (Å²) < 4.78 is 1.65. The molecule has 0 aromatic carbocycles. The minimum absolute atomic E-state index is 0.315. The van der Waals surface area contributed by atoms with Gasteiger partial charge in [0, 0.05) is 12.1 Å². The number of thiocarbonyl (C=S) groups is 1. The van der Waals surface area contributed by atoms with Crippen molar-refractivity contribution in [2.24, 2.45) is 11.7 Å². The van der Waals surface area contributed by atoms with Crippen LogP contribution in [0.25, 0.3) is 0 Å². The van der Waals surface area contributed by atoms with Gasteiger partial charge in [0.15, 0.2) is 5.11 Å². The first-order chi connectivity index (χ1) is 7.09. The highest BCUT2D eigenvalue weighted by Gasteiger charge is 2.23. The fourth-order valence-corrected chi connectivity index (χ4v) is 2.09. The number of nitrogens with zero attached hydrogens (tertiary/aromatic N) is 2. The number of aromatic nitrogens is 2. The van der Waals surface area contributed by atoms with Crippen molar-refractivity contribution in [3.8, 4) is 0 Å². The Morgan fingerprint density at radius 1 is 1.67 bits per heavy atom. The van der Waals surface area contributed by atoms with Crippen LogP contribution in [0.2, 0.25) is 0 Å². The van der Waals surface area contributed by atoms with E-state index < -0.39 is 0 Å². The molecule has 0 aliphatic carbocycles. The largest absolute Gasteiger partial charge is 0.374 e. The van der Waals surface area contributed by atoms with Crippen molar-refractivity contribution in [1.29, 1.82) is 0 Å². The van der Waals surface area contributed by atoms with Gasteiger partial charge in [0.1, 0.15) is 5.82 Å². The van der Waals surface area contributed by atoms with Crippen LogP contribution in [0.3, 0.4) is 0 Å². The van der Waals surface area contributed by atoms with Crippen LogP contribution in [0.5, 0.6) is 0 Å². The van der Waals surface area contributed by atoms with Crippen LogP contribution in [0.4, 0.5) is 5.82 Å². The first-order valence-electron chi connectivity index (χ1n) is 5.24. The van der Waals surface area contributed by atoms with Gasteiger partial charge in [0.05, 0.1) is 5.69 Å². The summed E-state index contributed by atoms with van der Waals surface area (Å²) in [5, 5.41) is 8.05. The highest BCUT2D eigenvalue weighted by Crippen LogP contribution is 2.26. The zero-order valence-electron chi connectivity index (χ0n) is 9.08. The fourth-order valence-electron chi connectivity index (χ4n) is 1.96. The predicted octanol–water partition coefficient (Wildman–Crippen LogP) is 1.14. The molecule has 0 radical (unpaired) electrons. The number of fused-ring (bicyclic) bond motifs is 1. The molecule has 1 aromatic rings. The zero-order chi connectivity index (χ0) is 11.0. The monoisotopic (exact) mass is 224 g/mol. The van der Waals surface area contributed by atoms with E-state index in [1.165, 1.54) is 5.56 Å². The minimum atomic E-state index is 0.315. The lowest BCUT2D eigenvalue weighted by molar-refractivity contribution is 0.626. The Morgan fingerprint density at radius 2 is 2.40 bits per heavy atom. The second-order valence-corrected chi connectivity index (χ2v) is 4.72. The number of hydrogen-bond acceptors (Lipinski definition) is 3. The predicted molar refractivity (Wildman–Crippen MR) is 65.1 cm³/mol. The zero-order valence-corrected chi connectivity index (χ0v) is 9.90. The van der Waals surface area contributed by atoms with E-state index in [2.05, 4.69) is 24.3 Å².